The Morgan fingerprint density at radius 1 is 1.77 bits per heavy atom. The molecule has 0 aromatic carbocycles. The van der Waals surface area contributed by atoms with Gasteiger partial charge in [-0.05, 0) is 26.3 Å². The number of hydrogen-bond donors (Lipinski definition) is 2. The van der Waals surface area contributed by atoms with Crippen molar-refractivity contribution in [1.82, 2.24) is 10.6 Å². The molecule has 1 unspecified atom stereocenters. The Morgan fingerprint density at radius 3 is 3.08 bits per heavy atom. The Labute approximate surface area is 79.6 Å². The van der Waals surface area contributed by atoms with Gasteiger partial charge in [-0.3, -0.25) is 4.79 Å². The molecule has 0 aliphatic carbocycles. The van der Waals surface area contributed by atoms with E-state index < -0.39 is 0 Å². The molecule has 3 nitrogen and oxygen atoms in total. The molecule has 1 aliphatic heterocycles. The lowest BCUT2D eigenvalue weighted by Crippen LogP contribution is -2.48. The second-order valence-electron chi connectivity index (χ2n) is 3.84. The summed E-state index contributed by atoms with van der Waals surface area (Å²) in [6.45, 7) is 7.97. The fourth-order valence-corrected chi connectivity index (χ4v) is 1.63. The third-order valence-electron chi connectivity index (χ3n) is 2.55. The van der Waals surface area contributed by atoms with Gasteiger partial charge in [0.15, 0.2) is 0 Å². The van der Waals surface area contributed by atoms with Gasteiger partial charge in [0, 0.05) is 13.1 Å². The number of nitrogens with one attached hydrogen (secondary N) is 2. The summed E-state index contributed by atoms with van der Waals surface area (Å²) in [4.78, 5) is 11.7. The van der Waals surface area contributed by atoms with Gasteiger partial charge in [-0.15, -0.1) is 6.58 Å². The zero-order chi connectivity index (χ0) is 9.73. The first-order valence-corrected chi connectivity index (χ1v) is 4.79. The van der Waals surface area contributed by atoms with E-state index in [9.17, 15) is 4.79 Å². The van der Waals surface area contributed by atoms with E-state index >= 15 is 0 Å². The fourth-order valence-electron chi connectivity index (χ4n) is 1.63. The van der Waals surface area contributed by atoms with Crippen LogP contribution in [-0.2, 0) is 4.79 Å². The maximum absolute atomic E-state index is 11.7. The molecule has 3 heteroatoms. The van der Waals surface area contributed by atoms with Gasteiger partial charge in [-0.25, -0.2) is 0 Å². The summed E-state index contributed by atoms with van der Waals surface area (Å²) in [6.07, 6.45) is 3.76. The van der Waals surface area contributed by atoms with Crippen molar-refractivity contribution in [1.29, 1.82) is 0 Å². The average Bonchev–Trinajstić information content (AvgIpc) is 2.15. The Kier molecular flexibility index (Phi) is 3.48. The van der Waals surface area contributed by atoms with E-state index in [1.54, 1.807) is 6.08 Å². The van der Waals surface area contributed by atoms with E-state index in [1.807, 2.05) is 6.92 Å². The molecule has 74 valence electrons. The van der Waals surface area contributed by atoms with Crippen molar-refractivity contribution in [3.05, 3.63) is 12.7 Å². The highest BCUT2D eigenvalue weighted by Crippen LogP contribution is 2.25. The highest BCUT2D eigenvalue weighted by atomic mass is 16.2. The van der Waals surface area contributed by atoms with Gasteiger partial charge in [0.2, 0.25) is 5.91 Å². The van der Waals surface area contributed by atoms with Crippen molar-refractivity contribution in [3.63, 3.8) is 0 Å². The van der Waals surface area contributed by atoms with Crippen molar-refractivity contribution in [2.24, 2.45) is 5.41 Å². The maximum Gasteiger partial charge on any atom is 0.227 e. The molecule has 1 heterocycles. The van der Waals surface area contributed by atoms with Gasteiger partial charge < -0.3 is 10.6 Å². The second-order valence-corrected chi connectivity index (χ2v) is 3.84. The van der Waals surface area contributed by atoms with Crippen LogP contribution >= 0.6 is 0 Å². The number of hydrogen-bond acceptors (Lipinski definition) is 2. The average molecular weight is 182 g/mol. The van der Waals surface area contributed by atoms with Crippen LogP contribution < -0.4 is 10.6 Å². The van der Waals surface area contributed by atoms with E-state index in [1.165, 1.54) is 0 Å². The van der Waals surface area contributed by atoms with Gasteiger partial charge in [-0.1, -0.05) is 6.08 Å². The number of amides is 1. The molecule has 13 heavy (non-hydrogen) atoms. The Morgan fingerprint density at radius 2 is 2.54 bits per heavy atom. The van der Waals surface area contributed by atoms with Crippen LogP contribution in [0.1, 0.15) is 19.8 Å². The zero-order valence-corrected chi connectivity index (χ0v) is 8.23. The molecular weight excluding hydrogens is 164 g/mol. The second kappa shape index (κ2) is 4.42. The number of rotatable bonds is 3. The minimum absolute atomic E-state index is 0.139. The van der Waals surface area contributed by atoms with Crippen LogP contribution in [-0.4, -0.2) is 25.5 Å². The first-order chi connectivity index (χ1) is 6.19. The van der Waals surface area contributed by atoms with Crippen LogP contribution in [0.3, 0.4) is 0 Å². The molecule has 0 spiro atoms. The number of carbonyl (C=O) groups is 1. The largest absolute Gasteiger partial charge is 0.352 e. The molecule has 1 amide bonds. The molecule has 0 aromatic rings. The van der Waals surface area contributed by atoms with Crippen molar-refractivity contribution in [3.8, 4) is 0 Å². The van der Waals surface area contributed by atoms with Crippen molar-refractivity contribution in [2.75, 3.05) is 19.6 Å². The molecule has 1 fully saturated rings. The van der Waals surface area contributed by atoms with Crippen LogP contribution in [0.4, 0.5) is 0 Å². The quantitative estimate of drug-likeness (QED) is 0.630. The van der Waals surface area contributed by atoms with Crippen molar-refractivity contribution < 1.29 is 4.79 Å². The van der Waals surface area contributed by atoms with Crippen LogP contribution in [0, 0.1) is 5.41 Å². The molecule has 0 bridgehead atoms. The summed E-state index contributed by atoms with van der Waals surface area (Å²) in [7, 11) is 0. The molecule has 1 saturated heterocycles. The summed E-state index contributed by atoms with van der Waals surface area (Å²) in [5.41, 5.74) is -0.221. The standard InChI is InChI=1S/C10H18N2O/c1-3-6-12-9(13)10(2)5-4-7-11-8-10/h3,11H,1,4-8H2,2H3,(H,12,13). The molecule has 0 aromatic heterocycles. The first-order valence-electron chi connectivity index (χ1n) is 4.79. The van der Waals surface area contributed by atoms with E-state index in [2.05, 4.69) is 17.2 Å². The van der Waals surface area contributed by atoms with Crippen LogP contribution in [0.2, 0.25) is 0 Å². The van der Waals surface area contributed by atoms with Gasteiger partial charge in [0.05, 0.1) is 5.41 Å². The molecular formula is C10H18N2O. The Hall–Kier alpha value is -0.830. The normalized spacial score (nSPS) is 28.1. The molecule has 2 N–H and O–H groups in total. The fraction of sp³-hybridized carbons (Fsp3) is 0.700. The molecule has 1 rings (SSSR count). The topological polar surface area (TPSA) is 41.1 Å². The summed E-state index contributed by atoms with van der Waals surface area (Å²) in [5.74, 6) is 0.139. The van der Waals surface area contributed by atoms with Crippen molar-refractivity contribution in [2.45, 2.75) is 19.8 Å². The maximum atomic E-state index is 11.7. The van der Waals surface area contributed by atoms with Crippen LogP contribution in [0.5, 0.6) is 0 Å². The first kappa shape index (κ1) is 10.3. The summed E-state index contributed by atoms with van der Waals surface area (Å²) in [5, 5.41) is 6.09. The van der Waals surface area contributed by atoms with E-state index in [0.29, 0.717) is 6.54 Å². The van der Waals surface area contributed by atoms with Gasteiger partial charge in [-0.2, -0.15) is 0 Å². The number of carbonyl (C=O) groups excluding carboxylic acids is 1. The Balaban J connectivity index is 2.46. The third-order valence-corrected chi connectivity index (χ3v) is 2.55. The molecule has 1 aliphatic rings. The predicted octanol–water partition coefficient (Wildman–Crippen LogP) is 0.678. The minimum Gasteiger partial charge on any atom is -0.352 e. The summed E-state index contributed by atoms with van der Waals surface area (Å²) in [6, 6.07) is 0. The number of piperidine rings is 1. The van der Waals surface area contributed by atoms with Crippen molar-refractivity contribution >= 4 is 5.91 Å². The van der Waals surface area contributed by atoms with Crippen LogP contribution in [0.25, 0.3) is 0 Å². The van der Waals surface area contributed by atoms with Gasteiger partial charge in [0.25, 0.3) is 0 Å². The summed E-state index contributed by atoms with van der Waals surface area (Å²) < 4.78 is 0. The highest BCUT2D eigenvalue weighted by Gasteiger charge is 2.33. The predicted molar refractivity (Wildman–Crippen MR) is 53.4 cm³/mol. The van der Waals surface area contributed by atoms with Crippen LogP contribution in [0.15, 0.2) is 12.7 Å². The third kappa shape index (κ3) is 2.56. The van der Waals surface area contributed by atoms with E-state index in [0.717, 1.165) is 25.9 Å². The van der Waals surface area contributed by atoms with Gasteiger partial charge in [0.1, 0.15) is 0 Å². The van der Waals surface area contributed by atoms with Gasteiger partial charge >= 0.3 is 0 Å². The molecule has 0 saturated carbocycles. The zero-order valence-electron chi connectivity index (χ0n) is 8.23. The highest BCUT2D eigenvalue weighted by molar-refractivity contribution is 5.82. The lowest BCUT2D eigenvalue weighted by Gasteiger charge is -2.32. The SMILES string of the molecule is C=CCNC(=O)C1(C)CCCNC1. The smallest absolute Gasteiger partial charge is 0.227 e. The molecule has 0 radical (unpaired) electrons. The van der Waals surface area contributed by atoms with E-state index in [4.69, 9.17) is 0 Å². The lowest BCUT2D eigenvalue weighted by atomic mass is 9.82. The summed E-state index contributed by atoms with van der Waals surface area (Å²) >= 11 is 0. The Bertz CT molecular complexity index is 195. The minimum atomic E-state index is -0.221. The lowest BCUT2D eigenvalue weighted by molar-refractivity contribution is -0.130. The monoisotopic (exact) mass is 182 g/mol. The van der Waals surface area contributed by atoms with E-state index in [-0.39, 0.29) is 11.3 Å². The molecule has 1 atom stereocenters.